The number of amides is 2. The third-order valence-electron chi connectivity index (χ3n) is 9.86. The second-order valence-electron chi connectivity index (χ2n) is 12.6. The lowest BCUT2D eigenvalue weighted by Gasteiger charge is -2.41. The van der Waals surface area contributed by atoms with Crippen molar-refractivity contribution in [2.75, 3.05) is 25.6 Å². The van der Waals surface area contributed by atoms with Crippen molar-refractivity contribution in [3.63, 3.8) is 0 Å². The Morgan fingerprint density at radius 1 is 1.07 bits per heavy atom. The third-order valence-corrected chi connectivity index (χ3v) is 11.1. The highest BCUT2D eigenvalue weighted by Gasteiger charge is 2.48. The summed E-state index contributed by atoms with van der Waals surface area (Å²) in [6.45, 7) is 0.785. The van der Waals surface area contributed by atoms with Crippen LogP contribution in [0.25, 0.3) is 6.08 Å². The first-order valence-corrected chi connectivity index (χ1v) is 16.8. The maximum absolute atomic E-state index is 13.8. The van der Waals surface area contributed by atoms with E-state index in [-0.39, 0.29) is 17.7 Å². The van der Waals surface area contributed by atoms with Gasteiger partial charge in [-0.1, -0.05) is 49.2 Å². The van der Waals surface area contributed by atoms with E-state index in [0.29, 0.717) is 48.2 Å². The third kappa shape index (κ3) is 5.53. The molecule has 6 aliphatic rings. The molecule has 2 heterocycles. The van der Waals surface area contributed by atoms with Crippen LogP contribution in [-0.4, -0.2) is 53.7 Å². The molecule has 238 valence electrons. The van der Waals surface area contributed by atoms with Crippen molar-refractivity contribution in [2.24, 2.45) is 16.8 Å². The monoisotopic (exact) mass is 639 g/mol. The first-order chi connectivity index (χ1) is 22.4. The molecule has 9 nitrogen and oxygen atoms in total. The summed E-state index contributed by atoms with van der Waals surface area (Å²) in [5.74, 6) is -0.281. The fourth-order valence-corrected chi connectivity index (χ4v) is 8.42. The van der Waals surface area contributed by atoms with E-state index in [2.05, 4.69) is 27.8 Å². The number of hydrogen-bond acceptors (Lipinski definition) is 7. The molecule has 2 saturated carbocycles. The van der Waals surface area contributed by atoms with Crippen LogP contribution in [0.4, 0.5) is 5.69 Å². The van der Waals surface area contributed by atoms with E-state index < -0.39 is 11.5 Å². The zero-order valence-electron chi connectivity index (χ0n) is 25.8. The van der Waals surface area contributed by atoms with E-state index in [4.69, 9.17) is 14.6 Å². The lowest BCUT2D eigenvalue weighted by atomic mass is 9.75. The van der Waals surface area contributed by atoms with Gasteiger partial charge >= 0.3 is 5.97 Å². The lowest BCUT2D eigenvalue weighted by Crippen LogP contribution is -2.62. The number of carbonyl (C=O) groups excluding carboxylic acids is 2. The van der Waals surface area contributed by atoms with E-state index >= 15 is 0 Å². The number of carboxylic acid groups (broad SMARTS) is 1. The Bertz CT molecular complexity index is 1700. The zero-order valence-corrected chi connectivity index (χ0v) is 26.6. The fraction of sp³-hybridized carbons (Fsp3) is 0.389. The zero-order chi connectivity index (χ0) is 31.8. The normalized spacial score (nSPS) is 23.5. The van der Waals surface area contributed by atoms with Crippen LogP contribution >= 0.6 is 11.8 Å². The number of hydrogen-bond donors (Lipinski definition) is 3. The number of nitrogens with zero attached hydrogens (tertiary/aromatic N) is 1. The molecule has 2 aliphatic heterocycles. The summed E-state index contributed by atoms with van der Waals surface area (Å²) in [5, 5.41) is 15.2. The topological polar surface area (TPSA) is 126 Å². The van der Waals surface area contributed by atoms with Gasteiger partial charge in [0.05, 0.1) is 25.8 Å². The number of ether oxygens (including phenoxy) is 2. The largest absolute Gasteiger partial charge is 0.500 e. The predicted octanol–water partition coefficient (Wildman–Crippen LogP) is 6.05. The lowest BCUT2D eigenvalue weighted by molar-refractivity contribution is -0.131. The van der Waals surface area contributed by atoms with Crippen LogP contribution in [0.5, 0.6) is 0 Å². The molecule has 10 heteroatoms. The smallest absolute Gasteiger partial charge is 0.328 e. The molecule has 0 aromatic heterocycles. The van der Waals surface area contributed by atoms with Crippen LogP contribution in [-0.2, 0) is 23.9 Å². The van der Waals surface area contributed by atoms with Crippen molar-refractivity contribution >= 4 is 46.4 Å². The van der Waals surface area contributed by atoms with E-state index in [0.717, 1.165) is 47.1 Å². The van der Waals surface area contributed by atoms with Gasteiger partial charge in [-0.25, -0.2) is 4.79 Å². The van der Waals surface area contributed by atoms with Crippen molar-refractivity contribution < 1.29 is 29.0 Å². The first kappa shape index (κ1) is 30.3. The molecule has 2 fully saturated rings. The standard InChI is InChI=1S/C36H37N3O6S/c1-44-27-14-13-25-29(22-6-3-2-4-7-22)31-26(30(25)27)20-45-19-23-18-37-34(46-32(23)31)33(42)39-36(16-5-17-36)35(43)38-24-11-8-21(9-12-24)10-15-28(40)41/h8-15,20,22,30H,2-7,16-19H2,1H3,(H,38,43)(H,39,42)(H,40,41)/b15-10+. The summed E-state index contributed by atoms with van der Waals surface area (Å²) in [4.78, 5) is 43.9. The van der Waals surface area contributed by atoms with Crippen molar-refractivity contribution in [3.05, 3.63) is 92.8 Å². The number of carboxylic acids is 1. The molecule has 46 heavy (non-hydrogen) atoms. The second-order valence-corrected chi connectivity index (χ2v) is 13.6. The Hall–Kier alpha value is -4.31. The number of thioether (sulfide) groups is 1. The molecular formula is C36H37N3O6S. The highest BCUT2D eigenvalue weighted by molar-refractivity contribution is 8.19. The number of benzene rings is 1. The van der Waals surface area contributed by atoms with E-state index in [1.807, 2.05) is 6.26 Å². The summed E-state index contributed by atoms with van der Waals surface area (Å²) < 4.78 is 11.9. The minimum Gasteiger partial charge on any atom is -0.500 e. The molecule has 0 bridgehead atoms. The number of fused-ring (bicyclic) bond motifs is 4. The Labute approximate surface area is 272 Å². The summed E-state index contributed by atoms with van der Waals surface area (Å²) >= 11 is 1.40. The van der Waals surface area contributed by atoms with Gasteiger partial charge in [0, 0.05) is 27.8 Å². The summed E-state index contributed by atoms with van der Waals surface area (Å²) in [5.41, 5.74) is 6.25. The first-order valence-electron chi connectivity index (χ1n) is 16.0. The Balaban J connectivity index is 1.11. The number of aliphatic imine (C=N–C) groups is 1. The van der Waals surface area contributed by atoms with Crippen LogP contribution < -0.4 is 10.6 Å². The van der Waals surface area contributed by atoms with Gasteiger partial charge in [0.2, 0.25) is 5.91 Å². The molecule has 2 amide bonds. The molecule has 3 N–H and O–H groups in total. The van der Waals surface area contributed by atoms with Gasteiger partial charge < -0.3 is 25.2 Å². The maximum Gasteiger partial charge on any atom is 0.328 e. The van der Waals surface area contributed by atoms with Crippen LogP contribution in [0.15, 0.2) is 92.3 Å². The SMILES string of the molecule is COC1=CC=C2C(C3CCCCC3)=C3C(=COCC4=C3SC(C(=O)NC3(C(=O)Nc5ccc(/C=C/C(=O)O)cc5)CCC3)=NC4)C12. The van der Waals surface area contributed by atoms with Crippen LogP contribution in [0.3, 0.4) is 0 Å². The number of allylic oxidation sites excluding steroid dienone is 5. The molecule has 0 saturated heterocycles. The summed E-state index contributed by atoms with van der Waals surface area (Å²) in [6.07, 6.45) is 16.6. The number of methoxy groups -OCH3 is 1. The summed E-state index contributed by atoms with van der Waals surface area (Å²) in [7, 11) is 1.72. The number of rotatable bonds is 8. The molecule has 1 aromatic carbocycles. The van der Waals surface area contributed by atoms with Crippen molar-refractivity contribution in [2.45, 2.75) is 56.9 Å². The molecule has 0 spiro atoms. The highest BCUT2D eigenvalue weighted by atomic mass is 32.2. The molecule has 7 rings (SSSR count). The van der Waals surface area contributed by atoms with Gasteiger partial charge in [0.15, 0.2) is 5.04 Å². The minimum absolute atomic E-state index is 0.00437. The van der Waals surface area contributed by atoms with Crippen molar-refractivity contribution in [3.8, 4) is 0 Å². The molecular weight excluding hydrogens is 602 g/mol. The maximum atomic E-state index is 13.8. The van der Waals surface area contributed by atoms with Crippen LogP contribution in [0, 0.1) is 11.8 Å². The Morgan fingerprint density at radius 2 is 1.85 bits per heavy atom. The average molecular weight is 640 g/mol. The molecule has 1 unspecified atom stereocenters. The van der Waals surface area contributed by atoms with Gasteiger partial charge in [-0.15, -0.1) is 0 Å². The highest BCUT2D eigenvalue weighted by Crippen LogP contribution is 2.57. The molecule has 4 aliphatic carbocycles. The number of aliphatic carboxylic acids is 1. The van der Waals surface area contributed by atoms with Gasteiger partial charge in [-0.2, -0.15) is 0 Å². The average Bonchev–Trinajstić information content (AvgIpc) is 3.55. The Kier molecular flexibility index (Phi) is 8.23. The predicted molar refractivity (Wildman–Crippen MR) is 178 cm³/mol. The fourth-order valence-electron chi connectivity index (χ4n) is 7.36. The van der Waals surface area contributed by atoms with E-state index in [1.54, 1.807) is 31.4 Å². The van der Waals surface area contributed by atoms with Gasteiger partial charge in [-0.3, -0.25) is 14.6 Å². The number of anilines is 1. The quantitative estimate of drug-likeness (QED) is 0.296. The molecule has 1 atom stereocenters. The number of carbonyl (C=O) groups is 3. The van der Waals surface area contributed by atoms with Crippen molar-refractivity contribution in [1.82, 2.24) is 5.32 Å². The van der Waals surface area contributed by atoms with E-state index in [9.17, 15) is 14.4 Å². The van der Waals surface area contributed by atoms with Gasteiger partial charge in [0.1, 0.15) is 17.9 Å². The van der Waals surface area contributed by atoms with Crippen LogP contribution in [0.1, 0.15) is 56.9 Å². The molecule has 1 aromatic rings. The minimum atomic E-state index is -1.03. The van der Waals surface area contributed by atoms with Crippen molar-refractivity contribution in [1.29, 1.82) is 0 Å². The molecule has 0 radical (unpaired) electrons. The summed E-state index contributed by atoms with van der Waals surface area (Å²) in [6, 6.07) is 6.90. The van der Waals surface area contributed by atoms with Gasteiger partial charge in [-0.05, 0) is 84.6 Å². The number of nitrogens with one attached hydrogen (secondary N) is 2. The van der Waals surface area contributed by atoms with E-state index in [1.165, 1.54) is 53.8 Å². The Morgan fingerprint density at radius 3 is 2.54 bits per heavy atom. The van der Waals surface area contributed by atoms with Gasteiger partial charge in [0.25, 0.3) is 5.91 Å². The second kappa shape index (κ2) is 12.5. The van der Waals surface area contributed by atoms with Crippen LogP contribution in [0.2, 0.25) is 0 Å².